The van der Waals surface area contributed by atoms with Gasteiger partial charge >= 0.3 is 0 Å². The molecule has 0 N–H and O–H groups in total. The van der Waals surface area contributed by atoms with Gasteiger partial charge in [0, 0.05) is 88.9 Å². The number of nitrogens with zero attached hydrogens (tertiary/aromatic N) is 10. The third-order valence-corrected chi connectivity index (χ3v) is 9.99. The van der Waals surface area contributed by atoms with Crippen molar-refractivity contribution in [2.75, 3.05) is 47.8 Å². The van der Waals surface area contributed by atoms with Gasteiger partial charge in [0.15, 0.2) is 16.1 Å². The number of carbonyl (C=O) groups excluding carboxylic acids is 2. The summed E-state index contributed by atoms with van der Waals surface area (Å²) in [6.07, 6.45) is 5.56. The van der Waals surface area contributed by atoms with Crippen molar-refractivity contribution in [1.29, 1.82) is 0 Å². The molecule has 6 rings (SSSR count). The molecule has 310 valence electrons. The summed E-state index contributed by atoms with van der Waals surface area (Å²) >= 11 is 2.77. The molecule has 0 unspecified atom stereocenters. The van der Waals surface area contributed by atoms with Gasteiger partial charge in [0.25, 0.3) is 11.8 Å². The predicted octanol–water partition coefficient (Wildman–Crippen LogP) is 9.80. The molecule has 0 fully saturated rings. The number of benzene rings is 2. The average molecular weight is 825 g/mol. The summed E-state index contributed by atoms with van der Waals surface area (Å²) in [6, 6.07) is 21.1. The molecule has 2 aromatic carbocycles. The SMILES string of the molecule is CC.CC.CC.CC.Cc1nc(N(C)c2ccn(C)n2)sc1C(=O)N(C)c1ccccc1.Cc1nc(N(C)c2cnn(C)c2)sc1C(=O)N(C)c1ccccc1.[B].[B]. The molecule has 0 saturated carbocycles. The Labute approximate surface area is 359 Å². The lowest BCUT2D eigenvalue weighted by Gasteiger charge is -2.16. The zero-order chi connectivity index (χ0) is 42.5. The van der Waals surface area contributed by atoms with Gasteiger partial charge in [0.2, 0.25) is 0 Å². The predicted molar refractivity (Wildman–Crippen MR) is 251 cm³/mol. The van der Waals surface area contributed by atoms with Crippen LogP contribution in [0.25, 0.3) is 0 Å². The summed E-state index contributed by atoms with van der Waals surface area (Å²) in [4.78, 5) is 43.1. The number of hydrogen-bond acceptors (Lipinski definition) is 10. The van der Waals surface area contributed by atoms with Crippen LogP contribution in [-0.2, 0) is 14.1 Å². The quantitative estimate of drug-likeness (QED) is 0.140. The molecular formula is C42H62B2N10O2S2. The molecule has 58 heavy (non-hydrogen) atoms. The Morgan fingerprint density at radius 3 is 1.31 bits per heavy atom. The van der Waals surface area contributed by atoms with Crippen molar-refractivity contribution >= 4 is 84.5 Å². The topological polar surface area (TPSA) is 109 Å². The van der Waals surface area contributed by atoms with Crippen LogP contribution >= 0.6 is 22.7 Å². The second-order valence-corrected chi connectivity index (χ2v) is 13.0. The highest BCUT2D eigenvalue weighted by molar-refractivity contribution is 7.18. The van der Waals surface area contributed by atoms with Crippen LogP contribution in [-0.4, -0.2) is 86.4 Å². The van der Waals surface area contributed by atoms with Crippen LogP contribution < -0.4 is 19.6 Å². The summed E-state index contributed by atoms with van der Waals surface area (Å²) < 4.78 is 3.48. The van der Waals surface area contributed by atoms with Crippen LogP contribution in [0.4, 0.5) is 33.1 Å². The van der Waals surface area contributed by atoms with Crippen LogP contribution in [0.3, 0.4) is 0 Å². The summed E-state index contributed by atoms with van der Waals surface area (Å²) in [5.74, 6) is 0.681. The Bertz CT molecular complexity index is 1870. The highest BCUT2D eigenvalue weighted by Crippen LogP contribution is 2.32. The minimum atomic E-state index is -0.0585. The third-order valence-electron chi connectivity index (χ3n) is 7.55. The Kier molecular flexibility index (Phi) is 26.7. The molecular weight excluding hydrogens is 762 g/mol. The summed E-state index contributed by atoms with van der Waals surface area (Å²) in [6.45, 7) is 19.7. The van der Waals surface area contributed by atoms with Crippen LogP contribution in [0.15, 0.2) is 85.3 Å². The molecule has 16 heteroatoms. The maximum atomic E-state index is 12.8. The molecule has 4 aromatic heterocycles. The summed E-state index contributed by atoms with van der Waals surface area (Å²) in [7, 11) is 11.1. The van der Waals surface area contributed by atoms with Crippen molar-refractivity contribution < 1.29 is 9.59 Å². The van der Waals surface area contributed by atoms with E-state index in [1.54, 1.807) is 39.5 Å². The maximum absolute atomic E-state index is 12.8. The molecule has 0 spiro atoms. The zero-order valence-electron chi connectivity index (χ0n) is 37.3. The Morgan fingerprint density at radius 1 is 0.569 bits per heavy atom. The lowest BCUT2D eigenvalue weighted by molar-refractivity contribution is 0.0988. The van der Waals surface area contributed by atoms with Gasteiger partial charge in [-0.3, -0.25) is 19.0 Å². The maximum Gasteiger partial charge on any atom is 0.270 e. The number of hydrogen-bond donors (Lipinski definition) is 0. The van der Waals surface area contributed by atoms with Gasteiger partial charge in [0.05, 0.1) is 23.3 Å². The van der Waals surface area contributed by atoms with Crippen molar-refractivity contribution in [2.45, 2.75) is 69.2 Å². The number of carbonyl (C=O) groups is 2. The number of amides is 2. The third kappa shape index (κ3) is 14.6. The van der Waals surface area contributed by atoms with Gasteiger partial charge in [-0.15, -0.1) is 0 Å². The Balaban J connectivity index is 0. The normalized spacial score (nSPS) is 9.24. The molecule has 0 atom stereocenters. The van der Waals surface area contributed by atoms with E-state index in [4.69, 9.17) is 0 Å². The molecule has 0 aliphatic carbocycles. The fraction of sp³-hybridized carbons (Fsp3) is 0.381. The lowest BCUT2D eigenvalue weighted by atomic mass is 10.3. The molecule has 12 nitrogen and oxygen atoms in total. The van der Waals surface area contributed by atoms with E-state index in [9.17, 15) is 9.59 Å². The van der Waals surface area contributed by atoms with Gasteiger partial charge in [0.1, 0.15) is 9.75 Å². The van der Waals surface area contributed by atoms with Crippen LogP contribution in [0, 0.1) is 13.8 Å². The molecule has 0 saturated heterocycles. The first kappa shape index (κ1) is 54.9. The number of thiazole rings is 2. The van der Waals surface area contributed by atoms with Crippen molar-refractivity contribution in [1.82, 2.24) is 29.5 Å². The fourth-order valence-corrected chi connectivity index (χ4v) is 6.70. The highest BCUT2D eigenvalue weighted by Gasteiger charge is 2.23. The first-order chi connectivity index (χ1) is 26.9. The molecule has 0 aliphatic heterocycles. The smallest absolute Gasteiger partial charge is 0.270 e. The minimum absolute atomic E-state index is 0. The molecule has 0 aliphatic rings. The average Bonchev–Trinajstić information content (AvgIpc) is 4.07. The summed E-state index contributed by atoms with van der Waals surface area (Å²) in [5.41, 5.74) is 4.11. The first-order valence-corrected chi connectivity index (χ1v) is 20.6. The summed E-state index contributed by atoms with van der Waals surface area (Å²) in [5, 5.41) is 10.1. The number of anilines is 6. The molecule has 2 amide bonds. The van der Waals surface area contributed by atoms with E-state index in [0.717, 1.165) is 44.5 Å². The number of para-hydroxylation sites is 2. The van der Waals surface area contributed by atoms with E-state index >= 15 is 0 Å². The molecule has 6 radical (unpaired) electrons. The van der Waals surface area contributed by atoms with Crippen LogP contribution in [0.5, 0.6) is 0 Å². The zero-order valence-corrected chi connectivity index (χ0v) is 39.0. The number of aromatic nitrogens is 6. The van der Waals surface area contributed by atoms with Gasteiger partial charge < -0.3 is 19.6 Å². The van der Waals surface area contributed by atoms with Crippen molar-refractivity contribution in [3.63, 3.8) is 0 Å². The Hall–Kier alpha value is -5.21. The van der Waals surface area contributed by atoms with Crippen molar-refractivity contribution in [3.8, 4) is 0 Å². The fourth-order valence-electron chi connectivity index (χ4n) is 4.66. The van der Waals surface area contributed by atoms with E-state index in [1.807, 2.05) is 186 Å². The number of rotatable bonds is 8. The highest BCUT2D eigenvalue weighted by atomic mass is 32.1. The second-order valence-electron chi connectivity index (χ2n) is 11.1. The van der Waals surface area contributed by atoms with Gasteiger partial charge in [-0.25, -0.2) is 9.97 Å². The van der Waals surface area contributed by atoms with E-state index < -0.39 is 0 Å². The first-order valence-electron chi connectivity index (χ1n) is 19.0. The van der Waals surface area contributed by atoms with Crippen molar-refractivity contribution in [3.05, 3.63) is 106 Å². The minimum Gasteiger partial charge on any atom is -0.318 e. The van der Waals surface area contributed by atoms with E-state index in [-0.39, 0.29) is 28.6 Å². The second kappa shape index (κ2) is 28.2. The van der Waals surface area contributed by atoms with E-state index in [2.05, 4.69) is 20.2 Å². The van der Waals surface area contributed by atoms with Crippen LogP contribution in [0.2, 0.25) is 0 Å². The van der Waals surface area contributed by atoms with E-state index in [1.165, 1.54) is 22.7 Å². The monoisotopic (exact) mass is 824 g/mol. The van der Waals surface area contributed by atoms with Gasteiger partial charge in [-0.1, -0.05) is 114 Å². The van der Waals surface area contributed by atoms with Gasteiger partial charge in [-0.05, 0) is 38.1 Å². The largest absolute Gasteiger partial charge is 0.318 e. The lowest BCUT2D eigenvalue weighted by Crippen LogP contribution is -2.25. The molecule has 4 heterocycles. The number of aryl methyl sites for hydroxylation is 4. The molecule has 6 aromatic rings. The van der Waals surface area contributed by atoms with Crippen molar-refractivity contribution in [2.24, 2.45) is 14.1 Å². The molecule has 0 bridgehead atoms. The Morgan fingerprint density at radius 2 is 0.966 bits per heavy atom. The van der Waals surface area contributed by atoms with Crippen LogP contribution in [0.1, 0.15) is 86.1 Å². The standard InChI is InChI=1S/2C17H19N5OS.4C2H6.2B/c1-12-15(16(23)21(3)13-8-6-5-7-9-13)24-17(19-12)22(4)14-10-18-20(2)11-14;1-12-15(16(23)21(3)13-8-6-5-7-9-13)24-17(18-12)22(4)14-10-11-20(2)19-14;4*1-2;;/h2*5-11H,1-4H3;4*1-2H3;;. The van der Waals surface area contributed by atoms with E-state index in [0.29, 0.717) is 9.75 Å². The van der Waals surface area contributed by atoms with Gasteiger partial charge in [-0.2, -0.15) is 10.2 Å².